The summed E-state index contributed by atoms with van der Waals surface area (Å²) in [5.41, 5.74) is 3.58. The van der Waals surface area contributed by atoms with Crippen molar-refractivity contribution in [3.05, 3.63) is 54.3 Å². The Balaban J connectivity index is 2.06. The number of benzene rings is 1. The van der Waals surface area contributed by atoms with Gasteiger partial charge in [-0.15, -0.1) is 11.3 Å². The molecule has 0 radical (unpaired) electrons. The third kappa shape index (κ3) is 2.68. The zero-order chi connectivity index (χ0) is 14.3. The molecule has 2 heterocycles. The summed E-state index contributed by atoms with van der Waals surface area (Å²) in [6, 6.07) is 9.30. The first-order valence-corrected chi connectivity index (χ1v) is 8.46. The van der Waals surface area contributed by atoms with Crippen LogP contribution in [0, 0.1) is 0 Å². The molecule has 1 atom stereocenters. The molecular weight excluding hydrogens is 427 g/mol. The maximum Gasteiger partial charge on any atom is 0.134 e. The van der Waals surface area contributed by atoms with Crippen LogP contribution in [0.15, 0.2) is 43.0 Å². The largest absolute Gasteiger partial charge is 0.459 e. The molecule has 104 valence electrons. The van der Waals surface area contributed by atoms with Gasteiger partial charge >= 0.3 is 0 Å². The zero-order valence-electron chi connectivity index (χ0n) is 9.99. The van der Waals surface area contributed by atoms with Gasteiger partial charge in [-0.1, -0.05) is 11.6 Å². The van der Waals surface area contributed by atoms with E-state index in [4.69, 9.17) is 21.9 Å². The highest BCUT2D eigenvalue weighted by atomic mass is 79.9. The minimum Gasteiger partial charge on any atom is -0.459 e. The van der Waals surface area contributed by atoms with E-state index in [1.807, 2.05) is 24.3 Å². The Morgan fingerprint density at radius 3 is 2.70 bits per heavy atom. The maximum absolute atomic E-state index is 5.99. The van der Waals surface area contributed by atoms with Crippen molar-refractivity contribution in [3.63, 3.8) is 0 Å². The SMILES string of the molecule is NNC(c1cc2cc(Cl)ccc2o1)c1cc(Br)c(Br)s1. The van der Waals surface area contributed by atoms with Crippen molar-refractivity contribution < 1.29 is 4.42 Å². The van der Waals surface area contributed by atoms with Crippen molar-refractivity contribution in [2.24, 2.45) is 5.84 Å². The lowest BCUT2D eigenvalue weighted by atomic mass is 10.2. The van der Waals surface area contributed by atoms with Crippen LogP contribution in [0.5, 0.6) is 0 Å². The highest BCUT2D eigenvalue weighted by molar-refractivity contribution is 9.13. The van der Waals surface area contributed by atoms with Crippen molar-refractivity contribution in [1.29, 1.82) is 0 Å². The highest BCUT2D eigenvalue weighted by Gasteiger charge is 2.20. The van der Waals surface area contributed by atoms with Crippen molar-refractivity contribution in [3.8, 4) is 0 Å². The summed E-state index contributed by atoms with van der Waals surface area (Å²) in [4.78, 5) is 1.05. The molecule has 3 N–H and O–H groups in total. The number of hydrazine groups is 1. The number of thiophene rings is 1. The first kappa shape index (κ1) is 14.6. The fourth-order valence-corrected chi connectivity index (χ4v) is 4.33. The highest BCUT2D eigenvalue weighted by Crippen LogP contribution is 2.38. The van der Waals surface area contributed by atoms with Crippen LogP contribution >= 0.6 is 54.8 Å². The molecule has 0 aliphatic carbocycles. The second kappa shape index (κ2) is 5.79. The summed E-state index contributed by atoms with van der Waals surface area (Å²) in [7, 11) is 0. The van der Waals surface area contributed by atoms with E-state index in [1.54, 1.807) is 17.4 Å². The predicted octanol–water partition coefficient (Wildman–Crippen LogP) is 5.23. The first-order valence-electron chi connectivity index (χ1n) is 5.68. The Morgan fingerprint density at radius 2 is 2.05 bits per heavy atom. The predicted molar refractivity (Wildman–Crippen MR) is 90.1 cm³/mol. The fraction of sp³-hybridized carbons (Fsp3) is 0.0769. The lowest BCUT2D eigenvalue weighted by molar-refractivity contribution is 0.481. The van der Waals surface area contributed by atoms with Gasteiger partial charge in [0.25, 0.3) is 0 Å². The van der Waals surface area contributed by atoms with Gasteiger partial charge < -0.3 is 4.42 Å². The molecule has 0 amide bonds. The van der Waals surface area contributed by atoms with Gasteiger partial charge in [0.15, 0.2) is 0 Å². The quantitative estimate of drug-likeness (QED) is 0.437. The summed E-state index contributed by atoms with van der Waals surface area (Å²) in [5.74, 6) is 6.44. The van der Waals surface area contributed by atoms with E-state index in [-0.39, 0.29) is 6.04 Å². The summed E-state index contributed by atoms with van der Waals surface area (Å²) in [5, 5.41) is 1.64. The smallest absolute Gasteiger partial charge is 0.134 e. The van der Waals surface area contributed by atoms with Gasteiger partial charge in [0.05, 0.1) is 3.79 Å². The second-order valence-electron chi connectivity index (χ2n) is 4.20. The Kier molecular flexibility index (Phi) is 4.21. The minimum absolute atomic E-state index is 0.200. The van der Waals surface area contributed by atoms with E-state index in [2.05, 4.69) is 37.3 Å². The molecule has 0 fully saturated rings. The van der Waals surface area contributed by atoms with E-state index >= 15 is 0 Å². The summed E-state index contributed by atoms with van der Waals surface area (Å²) >= 11 is 14.5. The molecule has 0 spiro atoms. The van der Waals surface area contributed by atoms with Crippen LogP contribution in [-0.4, -0.2) is 0 Å². The molecule has 3 rings (SSSR count). The molecule has 3 nitrogen and oxygen atoms in total. The topological polar surface area (TPSA) is 51.2 Å². The third-order valence-corrected chi connectivity index (χ3v) is 6.45. The van der Waals surface area contributed by atoms with Gasteiger partial charge in [-0.2, -0.15) is 0 Å². The number of hydrogen-bond acceptors (Lipinski definition) is 4. The van der Waals surface area contributed by atoms with Crippen LogP contribution in [0.25, 0.3) is 11.0 Å². The van der Waals surface area contributed by atoms with E-state index in [0.29, 0.717) is 5.02 Å². The number of fused-ring (bicyclic) bond motifs is 1. The molecule has 3 aromatic rings. The molecule has 0 saturated heterocycles. The molecule has 0 aliphatic rings. The average molecular weight is 437 g/mol. The third-order valence-electron chi connectivity index (χ3n) is 2.90. The van der Waals surface area contributed by atoms with Crippen LogP contribution in [0.1, 0.15) is 16.7 Å². The number of furan rings is 1. The number of nitrogens with two attached hydrogens (primary N) is 1. The monoisotopic (exact) mass is 434 g/mol. The van der Waals surface area contributed by atoms with E-state index in [0.717, 1.165) is 29.9 Å². The van der Waals surface area contributed by atoms with Crippen molar-refractivity contribution >= 4 is 65.8 Å². The molecule has 2 aromatic heterocycles. The lowest BCUT2D eigenvalue weighted by Crippen LogP contribution is -2.27. The standard InChI is InChI=1S/C13H9Br2ClN2OS/c14-8-5-11(20-13(8)15)12(18-17)10-4-6-3-7(16)1-2-9(6)19-10/h1-5,12,18H,17H2. The molecule has 20 heavy (non-hydrogen) atoms. The summed E-state index contributed by atoms with van der Waals surface area (Å²) in [6.07, 6.45) is 0. The van der Waals surface area contributed by atoms with E-state index < -0.39 is 0 Å². The van der Waals surface area contributed by atoms with Gasteiger partial charge in [-0.25, -0.2) is 5.43 Å². The number of rotatable bonds is 3. The van der Waals surface area contributed by atoms with Crippen molar-refractivity contribution in [1.82, 2.24) is 5.43 Å². The van der Waals surface area contributed by atoms with Gasteiger partial charge in [-0.3, -0.25) is 5.84 Å². The fourth-order valence-electron chi connectivity index (χ4n) is 1.99. The van der Waals surface area contributed by atoms with Crippen LogP contribution in [0.4, 0.5) is 0 Å². The molecule has 1 aromatic carbocycles. The van der Waals surface area contributed by atoms with Crippen LogP contribution in [0.3, 0.4) is 0 Å². The van der Waals surface area contributed by atoms with Gasteiger partial charge in [-0.05, 0) is 62.2 Å². The number of nitrogens with one attached hydrogen (secondary N) is 1. The summed E-state index contributed by atoms with van der Waals surface area (Å²) < 4.78 is 7.87. The molecule has 0 bridgehead atoms. The average Bonchev–Trinajstić information content (AvgIpc) is 2.95. The van der Waals surface area contributed by atoms with Gasteiger partial charge in [0.2, 0.25) is 0 Å². The Labute approximate surface area is 141 Å². The second-order valence-corrected chi connectivity index (χ2v) is 7.89. The van der Waals surface area contributed by atoms with E-state index in [1.165, 1.54) is 0 Å². The number of halogens is 3. The number of hydrogen-bond donors (Lipinski definition) is 2. The van der Waals surface area contributed by atoms with E-state index in [9.17, 15) is 0 Å². The molecule has 0 saturated carbocycles. The first-order chi connectivity index (χ1) is 9.58. The van der Waals surface area contributed by atoms with Crippen LogP contribution in [0.2, 0.25) is 5.02 Å². The van der Waals surface area contributed by atoms with Crippen LogP contribution in [-0.2, 0) is 0 Å². The molecule has 0 aliphatic heterocycles. The maximum atomic E-state index is 5.99. The van der Waals surface area contributed by atoms with Gasteiger partial charge in [0.1, 0.15) is 17.4 Å². The Bertz CT molecular complexity index is 751. The van der Waals surface area contributed by atoms with Gasteiger partial charge in [0, 0.05) is 19.8 Å². The Hall–Kier alpha value is -0.370. The molecule has 7 heteroatoms. The van der Waals surface area contributed by atoms with Crippen molar-refractivity contribution in [2.45, 2.75) is 6.04 Å². The Morgan fingerprint density at radius 1 is 1.25 bits per heavy atom. The molecule has 1 unspecified atom stereocenters. The molecular formula is C13H9Br2ClN2OS. The minimum atomic E-state index is -0.200. The summed E-state index contributed by atoms with van der Waals surface area (Å²) in [6.45, 7) is 0. The zero-order valence-corrected chi connectivity index (χ0v) is 14.7. The van der Waals surface area contributed by atoms with Crippen molar-refractivity contribution in [2.75, 3.05) is 0 Å². The lowest BCUT2D eigenvalue weighted by Gasteiger charge is -2.10. The normalized spacial score (nSPS) is 13.0. The van der Waals surface area contributed by atoms with Crippen LogP contribution < -0.4 is 11.3 Å².